The van der Waals surface area contributed by atoms with Crippen LogP contribution in [0.3, 0.4) is 0 Å². The first-order chi connectivity index (χ1) is 9.43. The molecule has 1 atom stereocenters. The van der Waals surface area contributed by atoms with E-state index in [0.717, 1.165) is 6.42 Å². The zero-order chi connectivity index (χ0) is 15.1. The Hall–Kier alpha value is -1.75. The predicted molar refractivity (Wildman–Crippen MR) is 78.0 cm³/mol. The SMILES string of the molecule is CCC(C)NC(=O)CCNC(=O)c1cc(O)ccc1Cl. The van der Waals surface area contributed by atoms with Crippen molar-refractivity contribution in [2.24, 2.45) is 0 Å². The maximum atomic E-state index is 11.8. The number of phenolic OH excluding ortho intramolecular Hbond substituents is 1. The summed E-state index contributed by atoms with van der Waals surface area (Å²) in [7, 11) is 0. The molecule has 2 amide bonds. The molecule has 6 heteroatoms. The van der Waals surface area contributed by atoms with Gasteiger partial charge in [-0.1, -0.05) is 18.5 Å². The highest BCUT2D eigenvalue weighted by Crippen LogP contribution is 2.20. The third-order valence-electron chi connectivity index (χ3n) is 2.85. The van der Waals surface area contributed by atoms with Gasteiger partial charge >= 0.3 is 0 Å². The molecule has 0 aliphatic carbocycles. The van der Waals surface area contributed by atoms with E-state index in [-0.39, 0.29) is 41.3 Å². The first kappa shape index (κ1) is 16.3. The fraction of sp³-hybridized carbons (Fsp3) is 0.429. The Labute approximate surface area is 123 Å². The second kappa shape index (κ2) is 7.75. The van der Waals surface area contributed by atoms with E-state index in [2.05, 4.69) is 10.6 Å². The number of halogens is 1. The monoisotopic (exact) mass is 298 g/mol. The molecule has 0 aliphatic heterocycles. The number of hydrogen-bond acceptors (Lipinski definition) is 3. The van der Waals surface area contributed by atoms with Crippen molar-refractivity contribution in [2.45, 2.75) is 32.7 Å². The lowest BCUT2D eigenvalue weighted by Crippen LogP contribution is -2.35. The van der Waals surface area contributed by atoms with Crippen LogP contribution in [0.2, 0.25) is 5.02 Å². The summed E-state index contributed by atoms with van der Waals surface area (Å²) in [6.45, 7) is 4.12. The van der Waals surface area contributed by atoms with Crippen LogP contribution in [0.1, 0.15) is 37.0 Å². The van der Waals surface area contributed by atoms with E-state index in [0.29, 0.717) is 0 Å². The third-order valence-corrected chi connectivity index (χ3v) is 3.18. The molecule has 5 nitrogen and oxygen atoms in total. The third kappa shape index (κ3) is 5.09. The summed E-state index contributed by atoms with van der Waals surface area (Å²) in [6, 6.07) is 4.26. The second-order valence-corrected chi connectivity index (χ2v) is 4.95. The van der Waals surface area contributed by atoms with E-state index < -0.39 is 5.91 Å². The Morgan fingerprint density at radius 3 is 2.75 bits per heavy atom. The van der Waals surface area contributed by atoms with Gasteiger partial charge in [-0.25, -0.2) is 0 Å². The van der Waals surface area contributed by atoms with E-state index in [4.69, 9.17) is 11.6 Å². The van der Waals surface area contributed by atoms with Crippen LogP contribution in [0.15, 0.2) is 18.2 Å². The first-order valence-corrected chi connectivity index (χ1v) is 6.88. The van der Waals surface area contributed by atoms with E-state index in [1.54, 1.807) is 0 Å². The van der Waals surface area contributed by atoms with Crippen molar-refractivity contribution in [2.75, 3.05) is 6.54 Å². The predicted octanol–water partition coefficient (Wildman–Crippen LogP) is 2.08. The number of aromatic hydroxyl groups is 1. The van der Waals surface area contributed by atoms with Gasteiger partial charge in [0.1, 0.15) is 5.75 Å². The average Bonchev–Trinajstić information content (AvgIpc) is 2.41. The van der Waals surface area contributed by atoms with Gasteiger partial charge in [-0.3, -0.25) is 9.59 Å². The fourth-order valence-corrected chi connectivity index (χ4v) is 1.72. The summed E-state index contributed by atoms with van der Waals surface area (Å²) < 4.78 is 0. The molecule has 110 valence electrons. The van der Waals surface area contributed by atoms with Crippen LogP contribution in [0.4, 0.5) is 0 Å². The highest BCUT2D eigenvalue weighted by molar-refractivity contribution is 6.33. The molecule has 0 radical (unpaired) electrons. The summed E-state index contributed by atoms with van der Waals surface area (Å²) >= 11 is 5.87. The highest BCUT2D eigenvalue weighted by Gasteiger charge is 2.12. The molecule has 20 heavy (non-hydrogen) atoms. The molecule has 0 heterocycles. The molecule has 1 unspecified atom stereocenters. The van der Waals surface area contributed by atoms with Crippen molar-refractivity contribution >= 4 is 23.4 Å². The van der Waals surface area contributed by atoms with Gasteiger partial charge in [0.05, 0.1) is 10.6 Å². The molecule has 1 aromatic rings. The largest absolute Gasteiger partial charge is 0.508 e. The van der Waals surface area contributed by atoms with Gasteiger partial charge < -0.3 is 15.7 Å². The number of nitrogens with one attached hydrogen (secondary N) is 2. The minimum absolute atomic E-state index is 0.0333. The van der Waals surface area contributed by atoms with E-state index in [1.165, 1.54) is 18.2 Å². The molecule has 0 bridgehead atoms. The number of carbonyl (C=O) groups is 2. The van der Waals surface area contributed by atoms with Crippen LogP contribution in [0.25, 0.3) is 0 Å². The van der Waals surface area contributed by atoms with Crippen molar-refractivity contribution in [1.82, 2.24) is 10.6 Å². The maximum absolute atomic E-state index is 11.8. The molecule has 1 rings (SSSR count). The van der Waals surface area contributed by atoms with Gasteiger partial charge in [-0.15, -0.1) is 0 Å². The fourth-order valence-electron chi connectivity index (χ4n) is 1.52. The Morgan fingerprint density at radius 2 is 2.10 bits per heavy atom. The van der Waals surface area contributed by atoms with E-state index in [1.807, 2.05) is 13.8 Å². The smallest absolute Gasteiger partial charge is 0.252 e. The Kier molecular flexibility index (Phi) is 6.31. The van der Waals surface area contributed by atoms with Crippen molar-refractivity contribution in [3.63, 3.8) is 0 Å². The minimum atomic E-state index is -0.415. The molecule has 0 aromatic heterocycles. The van der Waals surface area contributed by atoms with Crippen molar-refractivity contribution in [1.29, 1.82) is 0 Å². The zero-order valence-corrected chi connectivity index (χ0v) is 12.3. The Morgan fingerprint density at radius 1 is 1.40 bits per heavy atom. The molecule has 0 saturated heterocycles. The summed E-state index contributed by atoms with van der Waals surface area (Å²) in [5.74, 6) is -0.557. The van der Waals surface area contributed by atoms with Crippen molar-refractivity contribution in [3.05, 3.63) is 28.8 Å². The van der Waals surface area contributed by atoms with Gasteiger partial charge in [0.2, 0.25) is 5.91 Å². The number of hydrogen-bond donors (Lipinski definition) is 3. The van der Waals surface area contributed by atoms with Gasteiger partial charge in [0, 0.05) is 19.0 Å². The van der Waals surface area contributed by atoms with E-state index >= 15 is 0 Å². The van der Waals surface area contributed by atoms with Crippen LogP contribution in [-0.2, 0) is 4.79 Å². The quantitative estimate of drug-likeness (QED) is 0.752. The normalized spacial score (nSPS) is 11.8. The molecule has 0 fully saturated rings. The topological polar surface area (TPSA) is 78.4 Å². The molecule has 0 aliphatic rings. The Balaban J connectivity index is 2.44. The average molecular weight is 299 g/mol. The number of phenols is 1. The van der Waals surface area contributed by atoms with Crippen LogP contribution < -0.4 is 10.6 Å². The molecule has 1 aromatic carbocycles. The molecular weight excluding hydrogens is 280 g/mol. The zero-order valence-electron chi connectivity index (χ0n) is 11.6. The summed E-state index contributed by atoms with van der Waals surface area (Å²) in [4.78, 5) is 23.4. The molecule has 3 N–H and O–H groups in total. The van der Waals surface area contributed by atoms with Gasteiger partial charge in [-0.05, 0) is 31.5 Å². The lowest BCUT2D eigenvalue weighted by molar-refractivity contribution is -0.121. The van der Waals surface area contributed by atoms with E-state index in [9.17, 15) is 14.7 Å². The molecule has 0 spiro atoms. The summed E-state index contributed by atoms with van der Waals surface area (Å²) in [6.07, 6.45) is 1.06. The highest BCUT2D eigenvalue weighted by atomic mass is 35.5. The second-order valence-electron chi connectivity index (χ2n) is 4.55. The van der Waals surface area contributed by atoms with Gasteiger partial charge in [0.25, 0.3) is 5.91 Å². The minimum Gasteiger partial charge on any atom is -0.508 e. The van der Waals surface area contributed by atoms with Crippen LogP contribution in [0.5, 0.6) is 5.75 Å². The number of amides is 2. The number of benzene rings is 1. The van der Waals surface area contributed by atoms with Crippen molar-refractivity contribution < 1.29 is 14.7 Å². The summed E-state index contributed by atoms with van der Waals surface area (Å²) in [5.41, 5.74) is 0.189. The standard InChI is InChI=1S/C14H19ClN2O3/c1-3-9(2)17-13(19)6-7-16-14(20)11-8-10(18)4-5-12(11)15/h4-5,8-9,18H,3,6-7H2,1-2H3,(H,16,20)(H,17,19). The maximum Gasteiger partial charge on any atom is 0.252 e. The molecular formula is C14H19ClN2O3. The lowest BCUT2D eigenvalue weighted by Gasteiger charge is -2.11. The number of rotatable bonds is 6. The Bertz CT molecular complexity index is 491. The molecule has 0 saturated carbocycles. The lowest BCUT2D eigenvalue weighted by atomic mass is 10.2. The van der Waals surface area contributed by atoms with Crippen LogP contribution >= 0.6 is 11.6 Å². The number of carbonyl (C=O) groups excluding carboxylic acids is 2. The van der Waals surface area contributed by atoms with Gasteiger partial charge in [-0.2, -0.15) is 0 Å². The summed E-state index contributed by atoms with van der Waals surface area (Å²) in [5, 5.41) is 15.0. The van der Waals surface area contributed by atoms with Gasteiger partial charge in [0.15, 0.2) is 0 Å². The first-order valence-electron chi connectivity index (χ1n) is 6.50. The van der Waals surface area contributed by atoms with Crippen LogP contribution in [-0.4, -0.2) is 29.5 Å². The van der Waals surface area contributed by atoms with Crippen LogP contribution in [0, 0.1) is 0 Å². The van der Waals surface area contributed by atoms with Crippen molar-refractivity contribution in [3.8, 4) is 5.75 Å².